The molecule has 1 saturated carbocycles. The van der Waals surface area contributed by atoms with Gasteiger partial charge in [-0.1, -0.05) is 220 Å². The van der Waals surface area contributed by atoms with Gasteiger partial charge in [0.15, 0.2) is 0 Å². The molecule has 0 unspecified atom stereocenters. The minimum absolute atomic E-state index is 0.00238. The second-order valence-corrected chi connectivity index (χ2v) is 29.2. The van der Waals surface area contributed by atoms with Gasteiger partial charge >= 0.3 is 34.4 Å². The van der Waals surface area contributed by atoms with Gasteiger partial charge in [-0.2, -0.15) is 0 Å². The molecule has 1 fully saturated rings. The average Bonchev–Trinajstić information content (AvgIpc) is 0.783. The van der Waals surface area contributed by atoms with Crippen molar-refractivity contribution in [3.05, 3.63) is 315 Å². The van der Waals surface area contributed by atoms with E-state index in [1.807, 2.05) is 127 Å². The highest BCUT2D eigenvalue weighted by atomic mass is 35.5. The highest BCUT2D eigenvalue weighted by molar-refractivity contribution is 7.42. The Kier molecular flexibility index (Phi) is 30.2. The van der Waals surface area contributed by atoms with E-state index in [4.69, 9.17) is 152 Å². The second-order valence-electron chi connectivity index (χ2n) is 21.0. The molecule has 0 N–H and O–H groups in total. The zero-order valence-electron chi connectivity index (χ0n) is 49.9. The van der Waals surface area contributed by atoms with Gasteiger partial charge in [-0.25, -0.2) is 0 Å². The Balaban J connectivity index is 1.11. The van der Waals surface area contributed by atoms with Crippen LogP contribution < -0.4 is 0 Å². The molecule has 0 saturated heterocycles. The first-order valence-corrected chi connectivity index (χ1v) is 36.7. The Labute approximate surface area is 592 Å². The first-order chi connectivity index (χ1) is 45.8. The lowest BCUT2D eigenvalue weighted by Crippen LogP contribution is -2.58. The summed E-state index contributed by atoms with van der Waals surface area (Å²) in [7, 11) is -9.45. The van der Waals surface area contributed by atoms with Crippen molar-refractivity contribution in [1.29, 1.82) is 0 Å². The van der Waals surface area contributed by atoms with Gasteiger partial charge in [0.25, 0.3) is 0 Å². The average molecular weight is 1510 g/mol. The van der Waals surface area contributed by atoms with Gasteiger partial charge in [0.1, 0.15) is 18.3 Å². The number of halogens is 8. The molecule has 9 aromatic carbocycles. The zero-order chi connectivity index (χ0) is 65.4. The van der Waals surface area contributed by atoms with E-state index in [2.05, 4.69) is 0 Å². The van der Waals surface area contributed by atoms with Crippen LogP contribution in [0.3, 0.4) is 0 Å². The summed E-state index contributed by atoms with van der Waals surface area (Å²) in [6, 6.07) is 68.0. The first-order valence-electron chi connectivity index (χ1n) is 29.3. The fraction of sp³-hybridized carbons (Fsp3) is 0.217. The Hall–Kier alpha value is -3.50. The smallest absolute Gasteiger partial charge is 0.333 e. The predicted molar refractivity (Wildman–Crippen MR) is 377 cm³/mol. The Morgan fingerprint density at radius 1 is 0.223 bits per heavy atom. The minimum atomic E-state index is -2.42. The van der Waals surface area contributed by atoms with Crippen molar-refractivity contribution in [2.75, 3.05) is 0 Å². The Bertz CT molecular complexity index is 3470. The van der Waals surface area contributed by atoms with E-state index < -0.39 is 64.9 Å². The Morgan fingerprint density at radius 3 is 0.670 bits per heavy atom. The summed E-state index contributed by atoms with van der Waals surface area (Å²) in [5.41, 5.74) is 7.17. The van der Waals surface area contributed by atoms with Crippen LogP contribution in [0.5, 0.6) is 0 Å². The fourth-order valence-corrected chi connectivity index (χ4v) is 14.6. The normalized spacial score (nSPS) is 16.6. The summed E-state index contributed by atoms with van der Waals surface area (Å²) in [6.07, 6.45) is -5.74. The lowest BCUT2D eigenvalue weighted by molar-refractivity contribution is -0.181. The lowest BCUT2D eigenvalue weighted by Gasteiger charge is -2.46. The van der Waals surface area contributed by atoms with E-state index in [9.17, 15) is 0 Å². The van der Waals surface area contributed by atoms with E-state index in [0.717, 1.165) is 50.1 Å². The van der Waals surface area contributed by atoms with Crippen LogP contribution in [0.4, 0.5) is 0 Å². The van der Waals surface area contributed by atoms with Gasteiger partial charge in [-0.05, 0) is 147 Å². The molecule has 13 nitrogen and oxygen atoms in total. The van der Waals surface area contributed by atoms with Crippen molar-refractivity contribution >= 4 is 127 Å². The molecular formula is C69H62Cl8O13P4. The van der Waals surface area contributed by atoms with Crippen LogP contribution in [0.1, 0.15) is 56.5 Å². The van der Waals surface area contributed by atoms with Gasteiger partial charge < -0.3 is 59.0 Å². The van der Waals surface area contributed by atoms with E-state index >= 15 is 0 Å². The van der Waals surface area contributed by atoms with Crippen LogP contribution in [0.2, 0.25) is 40.2 Å². The molecule has 25 heteroatoms. The fourth-order valence-electron chi connectivity index (χ4n) is 9.01. The first kappa shape index (κ1) is 73.2. The quantitative estimate of drug-likeness (QED) is 0.0351. The topological polar surface area (TPSA) is 120 Å². The maximum atomic E-state index is 7.46. The number of ether oxygens (including phenoxy) is 1. The molecule has 492 valence electrons. The maximum absolute atomic E-state index is 7.46. The van der Waals surface area contributed by atoms with E-state index in [-0.39, 0.29) is 65.9 Å². The monoisotopic (exact) mass is 1500 g/mol. The van der Waals surface area contributed by atoms with Gasteiger partial charge in [-0.3, -0.25) is 0 Å². The molecule has 10 rings (SSSR count). The standard InChI is InChI=1S/C69H62Cl8O13P4/c70-57-22-6-49(7-23-57)40-79-91(80-41-50-8-24-58(71)25-9-50)87-65-38-66(88-92(81-42-51-10-26-59(72)27-11-51)82-43-52-12-28-60(73)29-13-52)68(89-93(83-44-53-14-30-61(74)31-15-53)84-45-54-16-32-62(75)33-17-54)69(67(65)78-39-48-4-2-1-3-5-48)90-94(85-46-55-18-34-63(76)35-19-55)86-47-56-20-36-64(77)37-21-56/h1-37,65-69H,38-47H2/t65-,66+,67+,68-,69-/m1/s1. The van der Waals surface area contributed by atoms with Gasteiger partial charge in [0, 0.05) is 46.6 Å². The number of benzene rings is 9. The third-order valence-electron chi connectivity index (χ3n) is 14.0. The molecule has 0 aliphatic heterocycles. The second kappa shape index (κ2) is 38.7. The molecule has 5 atom stereocenters. The van der Waals surface area contributed by atoms with Gasteiger partial charge in [0.05, 0.1) is 71.7 Å². The van der Waals surface area contributed by atoms with Crippen molar-refractivity contribution in [3.8, 4) is 0 Å². The number of hydrogen-bond acceptors (Lipinski definition) is 13. The summed E-state index contributed by atoms with van der Waals surface area (Å²) in [5.74, 6) is 0. The van der Waals surface area contributed by atoms with Crippen LogP contribution >= 0.6 is 127 Å². The van der Waals surface area contributed by atoms with Crippen molar-refractivity contribution in [3.63, 3.8) is 0 Å². The summed E-state index contributed by atoms with van der Waals surface area (Å²) < 4.78 is 90.7. The highest BCUT2D eigenvalue weighted by Gasteiger charge is 2.53. The van der Waals surface area contributed by atoms with Crippen molar-refractivity contribution in [2.45, 2.75) is 96.4 Å². The van der Waals surface area contributed by atoms with E-state index in [1.165, 1.54) is 0 Å². The number of rotatable bonds is 35. The van der Waals surface area contributed by atoms with E-state index in [1.54, 1.807) is 97.1 Å². The largest absolute Gasteiger partial charge is 0.368 e. The third-order valence-corrected chi connectivity index (χ3v) is 20.4. The molecular weight excluding hydrogens is 1440 g/mol. The highest BCUT2D eigenvalue weighted by Crippen LogP contribution is 2.56. The van der Waals surface area contributed by atoms with Crippen LogP contribution in [0.25, 0.3) is 0 Å². The van der Waals surface area contributed by atoms with Crippen molar-refractivity contribution in [2.24, 2.45) is 0 Å². The molecule has 1 aliphatic rings. The summed E-state index contributed by atoms with van der Waals surface area (Å²) in [5, 5.41) is 4.45. The predicted octanol–water partition coefficient (Wildman–Crippen LogP) is 23.4. The van der Waals surface area contributed by atoms with Crippen LogP contribution in [0, 0.1) is 0 Å². The maximum Gasteiger partial charge on any atom is 0.333 e. The van der Waals surface area contributed by atoms with E-state index in [0.29, 0.717) is 40.2 Å². The van der Waals surface area contributed by atoms with Crippen molar-refractivity contribution in [1.82, 2.24) is 0 Å². The molecule has 94 heavy (non-hydrogen) atoms. The molecule has 0 aromatic heterocycles. The van der Waals surface area contributed by atoms with Gasteiger partial charge in [-0.15, -0.1) is 0 Å². The molecule has 1 aliphatic carbocycles. The number of hydrogen-bond donors (Lipinski definition) is 0. The van der Waals surface area contributed by atoms with Crippen LogP contribution in [0.15, 0.2) is 224 Å². The summed E-state index contributed by atoms with van der Waals surface area (Å²) in [6.45, 7) is 0.442. The van der Waals surface area contributed by atoms with Gasteiger partial charge in [0.2, 0.25) is 0 Å². The molecule has 0 heterocycles. The molecule has 0 radical (unpaired) electrons. The van der Waals surface area contributed by atoms with Crippen molar-refractivity contribution < 1.29 is 59.0 Å². The minimum Gasteiger partial charge on any atom is -0.368 e. The molecule has 9 aromatic rings. The Morgan fingerprint density at radius 2 is 0.426 bits per heavy atom. The molecule has 0 amide bonds. The lowest BCUT2D eigenvalue weighted by atomic mass is 9.87. The van der Waals surface area contributed by atoms with Crippen LogP contribution in [-0.2, 0) is 118 Å². The zero-order valence-corrected chi connectivity index (χ0v) is 59.6. The molecule has 0 spiro atoms. The molecule has 0 bridgehead atoms. The summed E-state index contributed by atoms with van der Waals surface area (Å²) in [4.78, 5) is 0. The SMILES string of the molecule is Clc1ccc(COP(OCc2ccc(Cl)cc2)O[C@@H]2[C@@H](OCc3ccccc3)[C@H](OP(OCc3ccc(Cl)cc3)OCc3ccc(Cl)cc3)C[C@H](OP(OCc3ccc(Cl)cc3)OCc3ccc(Cl)cc3)[C@H]2OP(OCc2ccc(Cl)cc2)OCc2ccc(Cl)cc2)cc1. The summed E-state index contributed by atoms with van der Waals surface area (Å²) >= 11 is 51.1. The third kappa shape index (κ3) is 24.7. The van der Waals surface area contributed by atoms with Crippen LogP contribution in [-0.4, -0.2) is 30.5 Å².